The maximum absolute atomic E-state index is 11.2. The Balaban J connectivity index is 2.42. The highest BCUT2D eigenvalue weighted by atomic mass is 16.5. The summed E-state index contributed by atoms with van der Waals surface area (Å²) < 4.78 is 5.87. The van der Waals surface area contributed by atoms with E-state index < -0.39 is 17.5 Å². The third kappa shape index (κ3) is 2.68. The normalized spacial score (nSPS) is 24.4. The molecule has 110 valence electrons. The van der Waals surface area contributed by atoms with Crippen LogP contribution in [0, 0.1) is 13.8 Å². The van der Waals surface area contributed by atoms with Gasteiger partial charge >= 0.3 is 5.97 Å². The van der Waals surface area contributed by atoms with Gasteiger partial charge < -0.3 is 9.84 Å². The van der Waals surface area contributed by atoms with Crippen molar-refractivity contribution in [3.05, 3.63) is 22.8 Å². The highest BCUT2D eigenvalue weighted by Gasteiger charge is 2.34. The molecule has 2 heterocycles. The van der Waals surface area contributed by atoms with E-state index in [9.17, 15) is 9.90 Å². The number of hydrogen-bond donors (Lipinski definition) is 1. The van der Waals surface area contributed by atoms with Gasteiger partial charge in [0.25, 0.3) is 0 Å². The molecule has 5 heteroatoms. The first kappa shape index (κ1) is 14.9. The average molecular weight is 278 g/mol. The Morgan fingerprint density at radius 2 is 1.90 bits per heavy atom. The Morgan fingerprint density at radius 3 is 2.35 bits per heavy atom. The molecule has 1 saturated heterocycles. The van der Waals surface area contributed by atoms with Gasteiger partial charge in [-0.05, 0) is 47.0 Å². The molecular formula is C15H22N2O3. The molecule has 0 saturated carbocycles. The summed E-state index contributed by atoms with van der Waals surface area (Å²) in [5.74, 6) is -0.773. The van der Waals surface area contributed by atoms with E-state index >= 15 is 0 Å². The van der Waals surface area contributed by atoms with E-state index in [1.807, 2.05) is 20.8 Å². The maximum Gasteiger partial charge on any atom is 0.310 e. The van der Waals surface area contributed by atoms with Crippen molar-refractivity contribution in [2.75, 3.05) is 6.61 Å². The Kier molecular flexibility index (Phi) is 4.09. The van der Waals surface area contributed by atoms with Crippen LogP contribution in [0.4, 0.5) is 0 Å². The van der Waals surface area contributed by atoms with Gasteiger partial charge in [0.05, 0.1) is 5.92 Å². The third-order valence-corrected chi connectivity index (χ3v) is 4.07. The smallest absolute Gasteiger partial charge is 0.310 e. The van der Waals surface area contributed by atoms with Crippen LogP contribution in [0.3, 0.4) is 0 Å². The van der Waals surface area contributed by atoms with E-state index in [1.165, 1.54) is 0 Å². The number of hydrogen-bond acceptors (Lipinski definition) is 4. The van der Waals surface area contributed by atoms with E-state index in [-0.39, 0.29) is 0 Å². The van der Waals surface area contributed by atoms with Gasteiger partial charge in [0.15, 0.2) is 5.82 Å². The molecule has 1 aliphatic heterocycles. The molecule has 0 spiro atoms. The number of aryl methyl sites for hydroxylation is 2. The summed E-state index contributed by atoms with van der Waals surface area (Å²) in [4.78, 5) is 20.2. The van der Waals surface area contributed by atoms with Crippen LogP contribution in [0.1, 0.15) is 61.8 Å². The summed E-state index contributed by atoms with van der Waals surface area (Å²) in [6.45, 7) is 8.10. The molecule has 0 aromatic carbocycles. The van der Waals surface area contributed by atoms with Gasteiger partial charge in [0, 0.05) is 23.6 Å². The number of carboxylic acids is 1. The second-order valence-corrected chi connectivity index (χ2v) is 5.73. The molecule has 20 heavy (non-hydrogen) atoms. The van der Waals surface area contributed by atoms with E-state index in [0.717, 1.165) is 37.3 Å². The van der Waals surface area contributed by atoms with Gasteiger partial charge in [0.1, 0.15) is 5.60 Å². The van der Waals surface area contributed by atoms with Gasteiger partial charge in [-0.25, -0.2) is 9.97 Å². The predicted octanol–water partition coefficient (Wildman–Crippen LogP) is 2.70. The summed E-state index contributed by atoms with van der Waals surface area (Å²) in [7, 11) is 0. The Labute approximate surface area is 119 Å². The lowest BCUT2D eigenvalue weighted by molar-refractivity contribution is -0.138. The molecule has 1 N–H and O–H groups in total. The maximum atomic E-state index is 11.2. The Morgan fingerprint density at radius 1 is 1.30 bits per heavy atom. The molecule has 1 aliphatic rings. The molecule has 2 rings (SSSR count). The van der Waals surface area contributed by atoms with Crippen LogP contribution >= 0.6 is 0 Å². The van der Waals surface area contributed by atoms with Crippen molar-refractivity contribution in [3.63, 3.8) is 0 Å². The summed E-state index contributed by atoms with van der Waals surface area (Å²) in [6.07, 6.45) is 3.08. The monoisotopic (exact) mass is 278 g/mol. The predicted molar refractivity (Wildman–Crippen MR) is 74.7 cm³/mol. The van der Waals surface area contributed by atoms with Crippen molar-refractivity contribution in [3.8, 4) is 0 Å². The minimum atomic E-state index is -0.854. The standard InChI is InChI=1S/C15H22N2O3/c1-9(13(18)19)12-10(2)16-14(17-11(12)3)15(4)7-5-6-8-20-15/h9H,5-8H2,1-4H3,(H,18,19). The molecule has 0 amide bonds. The zero-order chi connectivity index (χ0) is 14.9. The molecule has 0 aliphatic carbocycles. The van der Waals surface area contributed by atoms with E-state index in [2.05, 4.69) is 9.97 Å². The lowest BCUT2D eigenvalue weighted by Gasteiger charge is -2.33. The van der Waals surface area contributed by atoms with E-state index in [0.29, 0.717) is 11.4 Å². The quantitative estimate of drug-likeness (QED) is 0.920. The molecular weight excluding hydrogens is 256 g/mol. The lowest BCUT2D eigenvalue weighted by Crippen LogP contribution is -2.33. The summed E-state index contributed by atoms with van der Waals surface area (Å²) >= 11 is 0. The number of carboxylic acid groups (broad SMARTS) is 1. The average Bonchev–Trinajstić information content (AvgIpc) is 2.38. The number of aromatic nitrogens is 2. The van der Waals surface area contributed by atoms with Crippen LogP contribution < -0.4 is 0 Å². The topological polar surface area (TPSA) is 72.3 Å². The van der Waals surface area contributed by atoms with Crippen LogP contribution in [0.25, 0.3) is 0 Å². The fourth-order valence-corrected chi connectivity index (χ4v) is 2.82. The molecule has 5 nitrogen and oxygen atoms in total. The highest BCUT2D eigenvalue weighted by molar-refractivity contribution is 5.76. The Hall–Kier alpha value is -1.49. The molecule has 0 bridgehead atoms. The van der Waals surface area contributed by atoms with Gasteiger partial charge in [-0.2, -0.15) is 0 Å². The van der Waals surface area contributed by atoms with Crippen molar-refractivity contribution in [2.24, 2.45) is 0 Å². The zero-order valence-electron chi connectivity index (χ0n) is 12.6. The van der Waals surface area contributed by atoms with Crippen LogP contribution in [0.5, 0.6) is 0 Å². The molecule has 2 atom stereocenters. The van der Waals surface area contributed by atoms with Gasteiger partial charge in [-0.3, -0.25) is 4.79 Å². The molecule has 0 radical (unpaired) electrons. The number of rotatable bonds is 3. The van der Waals surface area contributed by atoms with Crippen molar-refractivity contribution in [1.29, 1.82) is 0 Å². The Bertz CT molecular complexity index is 499. The fraction of sp³-hybridized carbons (Fsp3) is 0.667. The van der Waals surface area contributed by atoms with Crippen molar-refractivity contribution >= 4 is 5.97 Å². The van der Waals surface area contributed by atoms with E-state index in [1.54, 1.807) is 6.92 Å². The summed E-state index contributed by atoms with van der Waals surface area (Å²) in [5.41, 5.74) is 1.73. The highest BCUT2D eigenvalue weighted by Crippen LogP contribution is 2.34. The fourth-order valence-electron chi connectivity index (χ4n) is 2.82. The number of ether oxygens (including phenoxy) is 1. The minimum absolute atomic E-state index is 0.446. The summed E-state index contributed by atoms with van der Waals surface area (Å²) in [6, 6.07) is 0. The summed E-state index contributed by atoms with van der Waals surface area (Å²) in [5, 5.41) is 9.17. The van der Waals surface area contributed by atoms with E-state index in [4.69, 9.17) is 4.74 Å². The van der Waals surface area contributed by atoms with Crippen LogP contribution in [-0.2, 0) is 15.1 Å². The first-order chi connectivity index (χ1) is 9.35. The lowest BCUT2D eigenvalue weighted by atomic mass is 9.93. The zero-order valence-corrected chi connectivity index (χ0v) is 12.6. The number of carbonyl (C=O) groups is 1. The van der Waals surface area contributed by atoms with Crippen molar-refractivity contribution in [1.82, 2.24) is 9.97 Å². The van der Waals surface area contributed by atoms with Crippen LogP contribution in [0.2, 0.25) is 0 Å². The van der Waals surface area contributed by atoms with Crippen molar-refractivity contribution < 1.29 is 14.6 Å². The second-order valence-electron chi connectivity index (χ2n) is 5.73. The molecule has 1 aromatic rings. The SMILES string of the molecule is Cc1nc(C2(C)CCCCO2)nc(C)c1C(C)C(=O)O. The first-order valence-corrected chi connectivity index (χ1v) is 7.07. The molecule has 1 fully saturated rings. The van der Waals surface area contributed by atoms with Crippen molar-refractivity contribution in [2.45, 2.75) is 58.5 Å². The van der Waals surface area contributed by atoms with Gasteiger partial charge in [0.2, 0.25) is 0 Å². The first-order valence-electron chi connectivity index (χ1n) is 7.07. The number of nitrogens with zero attached hydrogens (tertiary/aromatic N) is 2. The largest absolute Gasteiger partial charge is 0.481 e. The molecule has 2 unspecified atom stereocenters. The minimum Gasteiger partial charge on any atom is -0.481 e. The van der Waals surface area contributed by atoms with Crippen LogP contribution in [-0.4, -0.2) is 27.7 Å². The van der Waals surface area contributed by atoms with Gasteiger partial charge in [-0.15, -0.1) is 0 Å². The number of aliphatic carboxylic acids is 1. The third-order valence-electron chi connectivity index (χ3n) is 4.07. The van der Waals surface area contributed by atoms with Crippen LogP contribution in [0.15, 0.2) is 0 Å². The van der Waals surface area contributed by atoms with Gasteiger partial charge in [-0.1, -0.05) is 0 Å². The molecule has 1 aromatic heterocycles. The second kappa shape index (κ2) is 5.48.